The maximum atomic E-state index is 9.91. The standard InChI is InChI=1S/C18H19NO3S/c20-9-14-6-12(7-15(10-21)18(14)22)8-17-19-16(11-23-17)13-4-2-1-3-5-13/h1-7,16,20-22H,8-11H2. The van der Waals surface area contributed by atoms with Crippen LogP contribution in [0.4, 0.5) is 0 Å². The zero-order valence-electron chi connectivity index (χ0n) is 12.6. The smallest absolute Gasteiger partial charge is 0.126 e. The Morgan fingerprint density at radius 3 is 2.30 bits per heavy atom. The first-order valence-corrected chi connectivity index (χ1v) is 8.49. The summed E-state index contributed by atoms with van der Waals surface area (Å²) in [7, 11) is 0. The monoisotopic (exact) mass is 329 g/mol. The van der Waals surface area contributed by atoms with Crippen LogP contribution in [0.3, 0.4) is 0 Å². The van der Waals surface area contributed by atoms with Crippen LogP contribution >= 0.6 is 11.8 Å². The van der Waals surface area contributed by atoms with E-state index in [0.29, 0.717) is 17.5 Å². The average Bonchev–Trinajstić information content (AvgIpc) is 3.05. The maximum Gasteiger partial charge on any atom is 0.126 e. The second-order valence-electron chi connectivity index (χ2n) is 5.52. The molecule has 0 saturated heterocycles. The second kappa shape index (κ2) is 7.17. The van der Waals surface area contributed by atoms with Gasteiger partial charge in [-0.05, 0) is 23.3 Å². The van der Waals surface area contributed by atoms with Crippen LogP contribution in [0.1, 0.15) is 28.3 Å². The number of aromatic hydroxyl groups is 1. The molecule has 4 nitrogen and oxygen atoms in total. The van der Waals surface area contributed by atoms with Crippen LogP contribution < -0.4 is 0 Å². The Labute approximate surface area is 139 Å². The van der Waals surface area contributed by atoms with Gasteiger partial charge >= 0.3 is 0 Å². The number of thioether (sulfide) groups is 1. The summed E-state index contributed by atoms with van der Waals surface area (Å²) in [6.07, 6.45) is 0.647. The van der Waals surface area contributed by atoms with Crippen molar-refractivity contribution in [3.8, 4) is 5.75 Å². The molecule has 2 aromatic rings. The number of hydrogen-bond acceptors (Lipinski definition) is 5. The van der Waals surface area contributed by atoms with Crippen LogP contribution in [0.25, 0.3) is 0 Å². The number of rotatable bonds is 5. The minimum Gasteiger partial charge on any atom is -0.507 e. The molecule has 1 unspecified atom stereocenters. The highest BCUT2D eigenvalue weighted by molar-refractivity contribution is 8.14. The largest absolute Gasteiger partial charge is 0.507 e. The van der Waals surface area contributed by atoms with Crippen molar-refractivity contribution >= 4 is 16.8 Å². The molecule has 0 amide bonds. The van der Waals surface area contributed by atoms with Crippen molar-refractivity contribution in [3.05, 3.63) is 64.7 Å². The molecular weight excluding hydrogens is 310 g/mol. The van der Waals surface area contributed by atoms with Gasteiger partial charge in [-0.25, -0.2) is 0 Å². The van der Waals surface area contributed by atoms with Gasteiger partial charge in [-0.1, -0.05) is 30.3 Å². The third kappa shape index (κ3) is 3.58. The van der Waals surface area contributed by atoms with Crippen LogP contribution in [0.15, 0.2) is 47.5 Å². The van der Waals surface area contributed by atoms with Gasteiger partial charge in [-0.15, -0.1) is 11.8 Å². The van der Waals surface area contributed by atoms with E-state index in [4.69, 9.17) is 4.99 Å². The van der Waals surface area contributed by atoms with E-state index < -0.39 is 0 Å². The Morgan fingerprint density at radius 1 is 1.04 bits per heavy atom. The molecule has 23 heavy (non-hydrogen) atoms. The number of benzene rings is 2. The molecule has 1 atom stereocenters. The second-order valence-corrected chi connectivity index (χ2v) is 6.61. The lowest BCUT2D eigenvalue weighted by Crippen LogP contribution is -2.00. The van der Waals surface area contributed by atoms with E-state index in [1.807, 2.05) is 18.2 Å². The quantitative estimate of drug-likeness (QED) is 0.789. The van der Waals surface area contributed by atoms with Crippen molar-refractivity contribution < 1.29 is 15.3 Å². The normalized spacial score (nSPS) is 17.3. The Hall–Kier alpha value is -1.82. The lowest BCUT2D eigenvalue weighted by molar-refractivity contribution is 0.263. The number of hydrogen-bond donors (Lipinski definition) is 3. The molecule has 0 aromatic heterocycles. The maximum absolute atomic E-state index is 9.91. The molecule has 0 aliphatic carbocycles. The number of aliphatic hydroxyl groups excluding tert-OH is 2. The summed E-state index contributed by atoms with van der Waals surface area (Å²) in [4.78, 5) is 4.78. The molecule has 3 rings (SSSR count). The molecule has 0 saturated carbocycles. The molecule has 120 valence electrons. The molecule has 1 aliphatic rings. The van der Waals surface area contributed by atoms with Gasteiger partial charge in [0.15, 0.2) is 0 Å². The van der Waals surface area contributed by atoms with Crippen molar-refractivity contribution in [2.45, 2.75) is 25.7 Å². The molecular formula is C18H19NO3S. The lowest BCUT2D eigenvalue weighted by Gasteiger charge is -2.10. The first-order valence-electron chi connectivity index (χ1n) is 7.51. The minimum absolute atomic E-state index is 0.0260. The zero-order valence-corrected chi connectivity index (χ0v) is 13.5. The predicted molar refractivity (Wildman–Crippen MR) is 92.7 cm³/mol. The summed E-state index contributed by atoms with van der Waals surface area (Å²) in [5.41, 5.74) is 3.04. The van der Waals surface area contributed by atoms with Crippen LogP contribution in [0.5, 0.6) is 5.75 Å². The molecule has 3 N–H and O–H groups in total. The fourth-order valence-electron chi connectivity index (χ4n) is 2.72. The highest BCUT2D eigenvalue weighted by Crippen LogP contribution is 2.32. The van der Waals surface area contributed by atoms with E-state index in [1.54, 1.807) is 23.9 Å². The van der Waals surface area contributed by atoms with E-state index in [9.17, 15) is 15.3 Å². The topological polar surface area (TPSA) is 73.1 Å². The summed E-state index contributed by atoms with van der Waals surface area (Å²) < 4.78 is 0. The van der Waals surface area contributed by atoms with Gasteiger partial charge < -0.3 is 15.3 Å². The van der Waals surface area contributed by atoms with Gasteiger partial charge in [0, 0.05) is 23.3 Å². The summed E-state index contributed by atoms with van der Waals surface area (Å²) in [5.74, 6) is 0.902. The predicted octanol–water partition coefficient (Wildman–Crippen LogP) is 2.81. The van der Waals surface area contributed by atoms with Crippen molar-refractivity contribution in [3.63, 3.8) is 0 Å². The third-order valence-electron chi connectivity index (χ3n) is 3.92. The molecule has 0 radical (unpaired) electrons. The SMILES string of the molecule is OCc1cc(CC2=NC(c3ccccc3)CS2)cc(CO)c1O. The van der Waals surface area contributed by atoms with Crippen molar-refractivity contribution in [2.24, 2.45) is 4.99 Å². The molecule has 0 fully saturated rings. The molecule has 0 bridgehead atoms. The van der Waals surface area contributed by atoms with E-state index in [0.717, 1.165) is 16.4 Å². The van der Waals surface area contributed by atoms with Crippen LogP contribution in [0.2, 0.25) is 0 Å². The number of aliphatic hydroxyl groups is 2. The van der Waals surface area contributed by atoms with Crippen LogP contribution in [-0.2, 0) is 19.6 Å². The van der Waals surface area contributed by atoms with Crippen molar-refractivity contribution in [2.75, 3.05) is 5.75 Å². The molecule has 0 spiro atoms. The van der Waals surface area contributed by atoms with Gasteiger partial charge in [0.05, 0.1) is 24.3 Å². The van der Waals surface area contributed by atoms with Crippen molar-refractivity contribution in [1.82, 2.24) is 0 Å². The minimum atomic E-state index is -0.251. The highest BCUT2D eigenvalue weighted by atomic mass is 32.2. The molecule has 1 aliphatic heterocycles. The van der Waals surface area contributed by atoms with Crippen LogP contribution in [0, 0.1) is 0 Å². The van der Waals surface area contributed by atoms with E-state index in [1.165, 1.54) is 5.56 Å². The fourth-order valence-corrected chi connectivity index (χ4v) is 3.80. The molecule has 2 aromatic carbocycles. The highest BCUT2D eigenvalue weighted by Gasteiger charge is 2.20. The Morgan fingerprint density at radius 2 is 1.70 bits per heavy atom. The Balaban J connectivity index is 1.80. The third-order valence-corrected chi connectivity index (χ3v) is 4.98. The first kappa shape index (κ1) is 16.1. The van der Waals surface area contributed by atoms with E-state index in [-0.39, 0.29) is 25.0 Å². The summed E-state index contributed by atoms with van der Waals surface area (Å²) in [5, 5.41) is 29.6. The van der Waals surface area contributed by atoms with E-state index in [2.05, 4.69) is 12.1 Å². The number of aliphatic imine (C=N–C) groups is 1. The average molecular weight is 329 g/mol. The lowest BCUT2D eigenvalue weighted by atomic mass is 10.0. The van der Waals surface area contributed by atoms with Gasteiger partial charge in [-0.2, -0.15) is 0 Å². The Kier molecular flexibility index (Phi) is 5.00. The van der Waals surface area contributed by atoms with E-state index >= 15 is 0 Å². The Bertz CT molecular complexity index is 690. The van der Waals surface area contributed by atoms with Crippen molar-refractivity contribution in [1.29, 1.82) is 0 Å². The van der Waals surface area contributed by atoms with Gasteiger partial charge in [0.25, 0.3) is 0 Å². The summed E-state index contributed by atoms with van der Waals surface area (Å²) in [6.45, 7) is -0.502. The number of nitrogens with zero attached hydrogens (tertiary/aromatic N) is 1. The van der Waals surface area contributed by atoms with Gasteiger partial charge in [0.2, 0.25) is 0 Å². The van der Waals surface area contributed by atoms with Gasteiger partial charge in [-0.3, -0.25) is 4.99 Å². The number of phenols is 1. The van der Waals surface area contributed by atoms with Gasteiger partial charge in [0.1, 0.15) is 5.75 Å². The summed E-state index contributed by atoms with van der Waals surface area (Å²) in [6, 6.07) is 13.9. The fraction of sp³-hybridized carbons (Fsp3) is 0.278. The summed E-state index contributed by atoms with van der Waals surface area (Å²) >= 11 is 1.73. The van der Waals surface area contributed by atoms with Crippen LogP contribution in [-0.4, -0.2) is 26.1 Å². The molecule has 1 heterocycles. The zero-order chi connectivity index (χ0) is 16.2. The first-order chi connectivity index (χ1) is 11.2. The molecule has 5 heteroatoms.